The lowest BCUT2D eigenvalue weighted by molar-refractivity contribution is 0.112. The molecule has 0 aromatic heterocycles. The van der Waals surface area contributed by atoms with Crippen LogP contribution in [0.1, 0.15) is 15.9 Å². The number of nitrogens with one attached hydrogen (secondary N) is 1. The normalized spacial score (nSPS) is 8.44. The molecule has 1 N–H and O–H groups in total. The van der Waals surface area contributed by atoms with Crippen molar-refractivity contribution in [3.05, 3.63) is 29.3 Å². The Kier molecular flexibility index (Phi) is 3.77. The van der Waals surface area contributed by atoms with E-state index in [0.29, 0.717) is 17.5 Å². The molecule has 5 nitrogen and oxygen atoms in total. The van der Waals surface area contributed by atoms with Crippen LogP contribution in [0.4, 0.5) is 5.69 Å². The van der Waals surface area contributed by atoms with Crippen LogP contribution < -0.4 is 5.43 Å². The van der Waals surface area contributed by atoms with E-state index in [4.69, 9.17) is 10.5 Å². The van der Waals surface area contributed by atoms with Crippen molar-refractivity contribution in [2.75, 3.05) is 5.43 Å². The first-order valence-electron chi connectivity index (χ1n) is 4.41. The molecule has 1 aromatic carbocycles. The average molecular weight is 212 g/mol. The van der Waals surface area contributed by atoms with Crippen LogP contribution in [0.25, 0.3) is 0 Å². The number of anilines is 1. The van der Waals surface area contributed by atoms with E-state index >= 15 is 0 Å². The lowest BCUT2D eigenvalue weighted by Gasteiger charge is -2.03. The molecule has 0 saturated heterocycles. The highest BCUT2D eigenvalue weighted by atomic mass is 16.1. The number of nitriles is 2. The molecule has 0 amide bonds. The summed E-state index contributed by atoms with van der Waals surface area (Å²) < 4.78 is 0. The molecular weight excluding hydrogens is 204 g/mol. The zero-order valence-electron chi connectivity index (χ0n) is 8.56. The molecular formula is C11H8N4O. The summed E-state index contributed by atoms with van der Waals surface area (Å²) in [4.78, 5) is 10.7. The smallest absolute Gasteiger partial charge is 0.237 e. The predicted molar refractivity (Wildman–Crippen MR) is 58.9 cm³/mol. The quantitative estimate of drug-likeness (QED) is 0.468. The van der Waals surface area contributed by atoms with Gasteiger partial charge in [0.2, 0.25) is 5.71 Å². The highest BCUT2D eigenvalue weighted by Crippen LogP contribution is 2.15. The van der Waals surface area contributed by atoms with Gasteiger partial charge in [-0.1, -0.05) is 11.6 Å². The lowest BCUT2D eigenvalue weighted by Crippen LogP contribution is -1.99. The van der Waals surface area contributed by atoms with Crippen LogP contribution in [0.3, 0.4) is 0 Å². The van der Waals surface area contributed by atoms with Crippen molar-refractivity contribution < 1.29 is 4.79 Å². The Balaban J connectivity index is 3.00. The number of rotatable bonds is 3. The monoisotopic (exact) mass is 212 g/mol. The first-order valence-corrected chi connectivity index (χ1v) is 4.41. The molecule has 0 aliphatic rings. The summed E-state index contributed by atoms with van der Waals surface area (Å²) in [6, 6.07) is 8.36. The molecule has 0 bridgehead atoms. The third-order valence-corrected chi connectivity index (χ3v) is 1.83. The van der Waals surface area contributed by atoms with E-state index in [1.165, 1.54) is 0 Å². The molecule has 0 fully saturated rings. The Morgan fingerprint density at radius 3 is 2.69 bits per heavy atom. The largest absolute Gasteiger partial charge is 0.298 e. The predicted octanol–water partition coefficient (Wildman–Crippen LogP) is 1.62. The number of aldehydes is 1. The topological polar surface area (TPSA) is 89.0 Å². The number of hydrogen-bond acceptors (Lipinski definition) is 5. The second-order valence-electron chi connectivity index (χ2n) is 3.00. The van der Waals surface area contributed by atoms with E-state index in [9.17, 15) is 4.79 Å². The van der Waals surface area contributed by atoms with Crippen molar-refractivity contribution >= 4 is 17.7 Å². The van der Waals surface area contributed by atoms with E-state index in [-0.39, 0.29) is 5.71 Å². The maximum Gasteiger partial charge on any atom is 0.237 e. The summed E-state index contributed by atoms with van der Waals surface area (Å²) in [5.74, 6) is 0. The van der Waals surface area contributed by atoms with Crippen LogP contribution >= 0.6 is 0 Å². The highest BCUT2D eigenvalue weighted by Gasteiger charge is 2.01. The Bertz CT molecular complexity index is 504. The zero-order chi connectivity index (χ0) is 12.0. The fraction of sp³-hybridized carbons (Fsp3) is 0.0909. The highest BCUT2D eigenvalue weighted by molar-refractivity contribution is 6.10. The molecule has 0 unspecified atom stereocenters. The number of carbonyl (C=O) groups is 1. The van der Waals surface area contributed by atoms with E-state index < -0.39 is 0 Å². The van der Waals surface area contributed by atoms with Crippen LogP contribution in [0, 0.1) is 29.6 Å². The van der Waals surface area contributed by atoms with E-state index in [2.05, 4.69) is 10.5 Å². The molecule has 0 radical (unpaired) electrons. The third-order valence-electron chi connectivity index (χ3n) is 1.83. The Morgan fingerprint density at radius 1 is 1.44 bits per heavy atom. The summed E-state index contributed by atoms with van der Waals surface area (Å²) >= 11 is 0. The second-order valence-corrected chi connectivity index (χ2v) is 3.00. The van der Waals surface area contributed by atoms with Gasteiger partial charge >= 0.3 is 0 Å². The molecule has 5 heteroatoms. The average Bonchev–Trinajstić information content (AvgIpc) is 2.31. The number of hydrogen-bond donors (Lipinski definition) is 1. The van der Waals surface area contributed by atoms with Crippen LogP contribution in [0.2, 0.25) is 0 Å². The maximum absolute atomic E-state index is 10.7. The molecule has 16 heavy (non-hydrogen) atoms. The number of nitrogens with zero attached hydrogens (tertiary/aromatic N) is 3. The van der Waals surface area contributed by atoms with Gasteiger partial charge in [-0.2, -0.15) is 15.6 Å². The molecule has 0 aliphatic heterocycles. The Hall–Kier alpha value is -2.66. The molecule has 1 rings (SSSR count). The standard InChI is InChI=1S/C11H8N4O/c1-8-2-3-11(9(4-8)7-16)15-14-10(5-12)6-13/h2-4,7,15H,1H3. The molecule has 0 heterocycles. The summed E-state index contributed by atoms with van der Waals surface area (Å²) in [6.07, 6.45) is 0.684. The van der Waals surface area contributed by atoms with Gasteiger partial charge in [0.05, 0.1) is 5.69 Å². The van der Waals surface area contributed by atoms with Crippen molar-refractivity contribution in [1.29, 1.82) is 10.5 Å². The lowest BCUT2D eigenvalue weighted by atomic mass is 10.1. The van der Waals surface area contributed by atoms with Gasteiger partial charge in [-0.25, -0.2) is 0 Å². The number of carbonyl (C=O) groups excluding carboxylic acids is 1. The van der Waals surface area contributed by atoms with E-state index in [0.717, 1.165) is 5.56 Å². The number of benzene rings is 1. The van der Waals surface area contributed by atoms with Gasteiger partial charge in [0.1, 0.15) is 12.1 Å². The van der Waals surface area contributed by atoms with Gasteiger partial charge in [0.15, 0.2) is 6.29 Å². The van der Waals surface area contributed by atoms with Gasteiger partial charge in [-0.3, -0.25) is 10.2 Å². The van der Waals surface area contributed by atoms with Crippen molar-refractivity contribution in [2.24, 2.45) is 5.10 Å². The van der Waals surface area contributed by atoms with Gasteiger partial charge in [-0.15, -0.1) is 0 Å². The van der Waals surface area contributed by atoms with Crippen molar-refractivity contribution in [3.8, 4) is 12.1 Å². The summed E-state index contributed by atoms with van der Waals surface area (Å²) in [5, 5.41) is 20.5. The van der Waals surface area contributed by atoms with E-state index in [1.807, 2.05) is 6.92 Å². The van der Waals surface area contributed by atoms with Gasteiger partial charge < -0.3 is 0 Å². The number of aryl methyl sites for hydroxylation is 1. The Morgan fingerprint density at radius 2 is 2.12 bits per heavy atom. The minimum absolute atomic E-state index is 0.294. The first kappa shape index (κ1) is 11.4. The molecule has 0 aliphatic carbocycles. The van der Waals surface area contributed by atoms with Crippen LogP contribution in [-0.4, -0.2) is 12.0 Å². The minimum atomic E-state index is -0.294. The second kappa shape index (κ2) is 5.28. The summed E-state index contributed by atoms with van der Waals surface area (Å²) in [7, 11) is 0. The number of hydrazone groups is 1. The molecule has 0 saturated carbocycles. The Labute approximate surface area is 92.6 Å². The SMILES string of the molecule is Cc1ccc(NN=C(C#N)C#N)c(C=O)c1. The van der Waals surface area contributed by atoms with Crippen LogP contribution in [0.15, 0.2) is 23.3 Å². The van der Waals surface area contributed by atoms with Crippen LogP contribution in [0.5, 0.6) is 0 Å². The third kappa shape index (κ3) is 2.66. The molecule has 0 atom stereocenters. The van der Waals surface area contributed by atoms with Gasteiger partial charge in [0.25, 0.3) is 0 Å². The summed E-state index contributed by atoms with van der Waals surface area (Å²) in [5.41, 5.74) is 4.04. The minimum Gasteiger partial charge on any atom is -0.298 e. The fourth-order valence-electron chi connectivity index (χ4n) is 1.07. The van der Waals surface area contributed by atoms with Crippen molar-refractivity contribution in [2.45, 2.75) is 6.92 Å². The van der Waals surface area contributed by atoms with E-state index in [1.54, 1.807) is 30.3 Å². The van der Waals surface area contributed by atoms with Gasteiger partial charge in [0, 0.05) is 5.56 Å². The molecule has 78 valence electrons. The zero-order valence-corrected chi connectivity index (χ0v) is 8.56. The van der Waals surface area contributed by atoms with Crippen LogP contribution in [-0.2, 0) is 0 Å². The molecule has 0 spiro atoms. The van der Waals surface area contributed by atoms with Gasteiger partial charge in [-0.05, 0) is 19.1 Å². The fourth-order valence-corrected chi connectivity index (χ4v) is 1.07. The summed E-state index contributed by atoms with van der Waals surface area (Å²) in [6.45, 7) is 1.86. The first-order chi connectivity index (χ1) is 7.71. The molecule has 1 aromatic rings. The van der Waals surface area contributed by atoms with Crippen molar-refractivity contribution in [3.63, 3.8) is 0 Å². The van der Waals surface area contributed by atoms with Crippen molar-refractivity contribution in [1.82, 2.24) is 0 Å². The maximum atomic E-state index is 10.7.